The fraction of sp³-hybridized carbons (Fsp3) is 0.714. The molecule has 0 amide bonds. The van der Waals surface area contributed by atoms with Crippen LogP contribution in [0.1, 0.15) is 38.0 Å². The third-order valence-corrected chi connectivity index (χ3v) is 3.64. The van der Waals surface area contributed by atoms with Gasteiger partial charge in [-0.15, -0.1) is 0 Å². The van der Waals surface area contributed by atoms with E-state index >= 15 is 0 Å². The van der Waals surface area contributed by atoms with Gasteiger partial charge >= 0.3 is 0 Å². The Balaban J connectivity index is 1.87. The molecule has 3 heteroatoms. The SMILES string of the molecule is CCNCc1occc1CN1CCC(C)CC1. The summed E-state index contributed by atoms with van der Waals surface area (Å²) in [6.45, 7) is 9.81. The van der Waals surface area contributed by atoms with Crippen LogP contribution in [0.25, 0.3) is 0 Å². The van der Waals surface area contributed by atoms with Crippen LogP contribution in [0.15, 0.2) is 16.7 Å². The maximum atomic E-state index is 5.54. The van der Waals surface area contributed by atoms with Gasteiger partial charge in [-0.3, -0.25) is 4.90 Å². The molecule has 1 fully saturated rings. The topological polar surface area (TPSA) is 28.4 Å². The lowest BCUT2D eigenvalue weighted by Gasteiger charge is -2.30. The standard InChI is InChI=1S/C14H24N2O/c1-3-15-10-14-13(6-9-17-14)11-16-7-4-12(2)5-8-16/h6,9,12,15H,3-5,7-8,10-11H2,1-2H3. The second-order valence-corrected chi connectivity index (χ2v) is 5.11. The number of nitrogens with one attached hydrogen (secondary N) is 1. The van der Waals surface area contributed by atoms with E-state index in [9.17, 15) is 0 Å². The summed E-state index contributed by atoms with van der Waals surface area (Å²) in [5, 5.41) is 3.32. The molecule has 2 rings (SSSR count). The molecule has 17 heavy (non-hydrogen) atoms. The van der Waals surface area contributed by atoms with Gasteiger partial charge in [-0.25, -0.2) is 0 Å². The smallest absolute Gasteiger partial charge is 0.122 e. The van der Waals surface area contributed by atoms with E-state index in [0.717, 1.165) is 31.3 Å². The van der Waals surface area contributed by atoms with Crippen LogP contribution < -0.4 is 5.32 Å². The third-order valence-electron chi connectivity index (χ3n) is 3.64. The molecule has 0 spiro atoms. The van der Waals surface area contributed by atoms with E-state index in [4.69, 9.17) is 4.42 Å². The summed E-state index contributed by atoms with van der Waals surface area (Å²) in [5.41, 5.74) is 1.35. The van der Waals surface area contributed by atoms with Gasteiger partial charge in [-0.05, 0) is 44.5 Å². The zero-order valence-electron chi connectivity index (χ0n) is 11.0. The van der Waals surface area contributed by atoms with Gasteiger partial charge in [0.2, 0.25) is 0 Å². The van der Waals surface area contributed by atoms with Crippen molar-refractivity contribution in [1.82, 2.24) is 10.2 Å². The highest BCUT2D eigenvalue weighted by Crippen LogP contribution is 2.20. The summed E-state index contributed by atoms with van der Waals surface area (Å²) in [6.07, 6.45) is 4.48. The molecule has 1 aliphatic rings. The van der Waals surface area contributed by atoms with Gasteiger partial charge in [0.1, 0.15) is 5.76 Å². The average molecular weight is 236 g/mol. The highest BCUT2D eigenvalue weighted by atomic mass is 16.3. The number of likely N-dealkylation sites (tertiary alicyclic amines) is 1. The highest BCUT2D eigenvalue weighted by Gasteiger charge is 2.17. The molecule has 3 nitrogen and oxygen atoms in total. The van der Waals surface area contributed by atoms with E-state index in [1.54, 1.807) is 0 Å². The van der Waals surface area contributed by atoms with Crippen LogP contribution in [0.5, 0.6) is 0 Å². The Morgan fingerprint density at radius 3 is 2.88 bits per heavy atom. The minimum absolute atomic E-state index is 0.850. The van der Waals surface area contributed by atoms with E-state index in [-0.39, 0.29) is 0 Å². The lowest BCUT2D eigenvalue weighted by Crippen LogP contribution is -2.32. The van der Waals surface area contributed by atoms with Crippen molar-refractivity contribution in [2.45, 2.75) is 39.8 Å². The van der Waals surface area contributed by atoms with Crippen LogP contribution >= 0.6 is 0 Å². The van der Waals surface area contributed by atoms with Crippen LogP contribution in [0.4, 0.5) is 0 Å². The van der Waals surface area contributed by atoms with Gasteiger partial charge in [-0.2, -0.15) is 0 Å². The molecule has 0 aliphatic carbocycles. The number of hydrogen-bond donors (Lipinski definition) is 1. The molecule has 0 aromatic carbocycles. The van der Waals surface area contributed by atoms with E-state index in [2.05, 4.69) is 30.1 Å². The maximum Gasteiger partial charge on any atom is 0.122 e. The molecule has 0 saturated carbocycles. The Hall–Kier alpha value is -0.800. The fourth-order valence-corrected chi connectivity index (χ4v) is 2.36. The predicted molar refractivity (Wildman–Crippen MR) is 69.8 cm³/mol. The first-order valence-electron chi connectivity index (χ1n) is 6.78. The molecule has 0 bridgehead atoms. The van der Waals surface area contributed by atoms with Gasteiger partial charge in [0, 0.05) is 12.1 Å². The second-order valence-electron chi connectivity index (χ2n) is 5.11. The number of nitrogens with zero attached hydrogens (tertiary/aromatic N) is 1. The van der Waals surface area contributed by atoms with Crippen LogP contribution in [0, 0.1) is 5.92 Å². The zero-order valence-corrected chi connectivity index (χ0v) is 11.0. The maximum absolute atomic E-state index is 5.54. The quantitative estimate of drug-likeness (QED) is 0.852. The summed E-state index contributed by atoms with van der Waals surface area (Å²) in [6, 6.07) is 2.12. The molecule has 0 radical (unpaired) electrons. The molecule has 1 N–H and O–H groups in total. The lowest BCUT2D eigenvalue weighted by atomic mass is 9.99. The van der Waals surface area contributed by atoms with Crippen molar-refractivity contribution >= 4 is 0 Å². The molecule has 1 aromatic rings. The minimum Gasteiger partial charge on any atom is -0.468 e. The predicted octanol–water partition coefficient (Wildman–Crippen LogP) is 2.62. The largest absolute Gasteiger partial charge is 0.468 e. The first-order valence-corrected chi connectivity index (χ1v) is 6.78. The van der Waals surface area contributed by atoms with E-state index < -0.39 is 0 Å². The molecule has 1 saturated heterocycles. The van der Waals surface area contributed by atoms with Crippen LogP contribution in [-0.4, -0.2) is 24.5 Å². The zero-order chi connectivity index (χ0) is 12.1. The Kier molecular flexibility index (Phi) is 4.63. The lowest BCUT2D eigenvalue weighted by molar-refractivity contribution is 0.184. The fourth-order valence-electron chi connectivity index (χ4n) is 2.36. The molecule has 1 aromatic heterocycles. The Labute approximate surface area is 104 Å². The van der Waals surface area contributed by atoms with E-state index in [1.807, 2.05) is 6.26 Å². The number of furan rings is 1. The van der Waals surface area contributed by atoms with Gasteiger partial charge in [0.05, 0.1) is 12.8 Å². The molecule has 0 unspecified atom stereocenters. The van der Waals surface area contributed by atoms with Gasteiger partial charge in [0.25, 0.3) is 0 Å². The molecular weight excluding hydrogens is 212 g/mol. The normalized spacial score (nSPS) is 18.7. The number of hydrogen-bond acceptors (Lipinski definition) is 3. The van der Waals surface area contributed by atoms with Crippen LogP contribution in [0.2, 0.25) is 0 Å². The average Bonchev–Trinajstić information content (AvgIpc) is 2.77. The van der Waals surface area contributed by atoms with E-state index in [0.29, 0.717) is 0 Å². The van der Waals surface area contributed by atoms with Crippen molar-refractivity contribution < 1.29 is 4.42 Å². The summed E-state index contributed by atoms with van der Waals surface area (Å²) < 4.78 is 5.54. The molecular formula is C14H24N2O. The third kappa shape index (κ3) is 3.58. The van der Waals surface area contributed by atoms with Crippen molar-refractivity contribution in [1.29, 1.82) is 0 Å². The number of rotatable bonds is 5. The van der Waals surface area contributed by atoms with Gasteiger partial charge in [0.15, 0.2) is 0 Å². The Morgan fingerprint density at radius 2 is 2.18 bits per heavy atom. The monoisotopic (exact) mass is 236 g/mol. The van der Waals surface area contributed by atoms with Crippen molar-refractivity contribution in [3.8, 4) is 0 Å². The van der Waals surface area contributed by atoms with Crippen LogP contribution in [-0.2, 0) is 13.1 Å². The Morgan fingerprint density at radius 1 is 1.41 bits per heavy atom. The Bertz CT molecular complexity index is 327. The molecule has 96 valence electrons. The summed E-state index contributed by atoms with van der Waals surface area (Å²) in [5.74, 6) is 2.00. The minimum atomic E-state index is 0.850. The van der Waals surface area contributed by atoms with E-state index in [1.165, 1.54) is 31.5 Å². The van der Waals surface area contributed by atoms with Gasteiger partial charge < -0.3 is 9.73 Å². The molecule has 2 heterocycles. The van der Waals surface area contributed by atoms with Crippen molar-refractivity contribution in [3.05, 3.63) is 23.7 Å². The highest BCUT2D eigenvalue weighted by molar-refractivity contribution is 5.16. The molecule has 1 aliphatic heterocycles. The molecule has 0 atom stereocenters. The summed E-state index contributed by atoms with van der Waals surface area (Å²) in [7, 11) is 0. The first kappa shape index (κ1) is 12.7. The second kappa shape index (κ2) is 6.22. The van der Waals surface area contributed by atoms with Gasteiger partial charge in [-0.1, -0.05) is 13.8 Å². The van der Waals surface area contributed by atoms with Crippen molar-refractivity contribution in [2.75, 3.05) is 19.6 Å². The van der Waals surface area contributed by atoms with Crippen molar-refractivity contribution in [2.24, 2.45) is 5.92 Å². The van der Waals surface area contributed by atoms with Crippen molar-refractivity contribution in [3.63, 3.8) is 0 Å². The first-order chi connectivity index (χ1) is 8.29. The summed E-state index contributed by atoms with van der Waals surface area (Å²) >= 11 is 0. The van der Waals surface area contributed by atoms with Crippen LogP contribution in [0.3, 0.4) is 0 Å². The number of piperidine rings is 1. The summed E-state index contributed by atoms with van der Waals surface area (Å²) in [4.78, 5) is 2.54.